The summed E-state index contributed by atoms with van der Waals surface area (Å²) in [7, 11) is 1.42. The number of hydrogen-bond acceptors (Lipinski definition) is 4. The molecule has 4 aromatic rings. The second-order valence-electron chi connectivity index (χ2n) is 6.73. The molecule has 0 fully saturated rings. The van der Waals surface area contributed by atoms with E-state index in [0.29, 0.717) is 23.5 Å². The van der Waals surface area contributed by atoms with Gasteiger partial charge in [0.2, 0.25) is 0 Å². The molecule has 0 unspecified atom stereocenters. The van der Waals surface area contributed by atoms with Gasteiger partial charge in [0.05, 0.1) is 12.8 Å². The monoisotopic (exact) mass is 671 g/mol. The molecule has 0 spiro atoms. The van der Waals surface area contributed by atoms with E-state index in [-0.39, 0.29) is 42.6 Å². The summed E-state index contributed by atoms with van der Waals surface area (Å²) in [6, 6.07) is 18.8. The van der Waals surface area contributed by atoms with Crippen LogP contribution < -0.4 is 4.74 Å². The molecule has 0 atom stereocenters. The minimum Gasteiger partial charge on any atom is -0.494 e. The first-order chi connectivity index (χ1) is 15.5. The normalized spacial score (nSPS) is 9.64. The fourth-order valence-corrected chi connectivity index (χ4v) is 2.89. The summed E-state index contributed by atoms with van der Waals surface area (Å²) in [5.74, 6) is -0.289. The molecule has 5 nitrogen and oxygen atoms in total. The Morgan fingerprint density at radius 1 is 1.15 bits per heavy atom. The number of hydrogen-bond donors (Lipinski definition) is 0. The summed E-state index contributed by atoms with van der Waals surface area (Å²) in [6.07, 6.45) is 2.85. The van der Waals surface area contributed by atoms with Gasteiger partial charge >= 0.3 is 31.1 Å². The molecule has 0 N–H and O–H groups in total. The van der Waals surface area contributed by atoms with Gasteiger partial charge in [-0.1, -0.05) is 13.8 Å². The van der Waals surface area contributed by atoms with E-state index in [9.17, 15) is 9.18 Å². The number of carbonyl (C=O) groups is 1. The van der Waals surface area contributed by atoms with Crippen molar-refractivity contribution in [1.82, 2.24) is 14.6 Å². The second kappa shape index (κ2) is 14.6. The molecule has 4 rings (SSSR count). The van der Waals surface area contributed by atoms with E-state index in [1.165, 1.54) is 18.7 Å². The van der Waals surface area contributed by atoms with E-state index < -0.39 is 5.82 Å². The van der Waals surface area contributed by atoms with Gasteiger partial charge in [0, 0.05) is 24.2 Å². The van der Waals surface area contributed by atoms with Crippen molar-refractivity contribution >= 4 is 11.4 Å². The third-order valence-corrected chi connectivity index (χ3v) is 4.45. The average Bonchev–Trinajstić information content (AvgIpc) is 3.27. The molecule has 0 aliphatic heterocycles. The third-order valence-electron chi connectivity index (χ3n) is 4.45. The van der Waals surface area contributed by atoms with Gasteiger partial charge in [-0.15, -0.1) is 0 Å². The van der Waals surface area contributed by atoms with Crippen molar-refractivity contribution in [2.75, 3.05) is 7.11 Å². The van der Waals surface area contributed by atoms with Crippen molar-refractivity contribution in [2.24, 2.45) is 0 Å². The van der Waals surface area contributed by atoms with E-state index in [0.717, 1.165) is 12.0 Å². The van der Waals surface area contributed by atoms with Crippen LogP contribution in [0.25, 0.3) is 16.9 Å². The standard InChI is InChI=1S/C17H16FN3O2.C7H7.C2H5.U/c1-3-4-15(22)13-10-17-19-8-7-14(21(17)20-13)11-5-6-12(18)16(9-11)23-2;1-7-5-3-2-4-6-7;1-2;/h5-10H,3-4H2,1-2H3;3-6H,1H3;1H2,2H3;/q;2*-1;+2. The Morgan fingerprint density at radius 2 is 1.85 bits per heavy atom. The summed E-state index contributed by atoms with van der Waals surface area (Å²) in [6.45, 7) is 9.01. The molecule has 170 valence electrons. The molecule has 0 saturated carbocycles. The minimum absolute atomic E-state index is 0. The number of ether oxygens (including phenoxy) is 1. The van der Waals surface area contributed by atoms with E-state index in [1.54, 1.807) is 41.9 Å². The number of methoxy groups -OCH3 is 1. The number of halogens is 1. The molecule has 0 amide bonds. The minimum atomic E-state index is -0.430. The molecule has 2 aromatic carbocycles. The Labute approximate surface area is 218 Å². The molecule has 0 saturated heterocycles. The molecule has 2 aromatic heterocycles. The van der Waals surface area contributed by atoms with Crippen molar-refractivity contribution in [1.29, 1.82) is 0 Å². The van der Waals surface area contributed by atoms with Crippen LogP contribution >= 0.6 is 0 Å². The predicted molar refractivity (Wildman–Crippen MR) is 125 cm³/mol. The maximum absolute atomic E-state index is 13.6. The van der Waals surface area contributed by atoms with Crippen LogP contribution in [0.15, 0.2) is 60.8 Å². The van der Waals surface area contributed by atoms with Gasteiger partial charge < -0.3 is 11.7 Å². The zero-order valence-corrected chi connectivity index (χ0v) is 23.6. The van der Waals surface area contributed by atoms with E-state index in [4.69, 9.17) is 4.74 Å². The van der Waals surface area contributed by atoms with Crippen LogP contribution in [-0.4, -0.2) is 27.5 Å². The number of rotatable bonds is 5. The fraction of sp³-hybridized carbons (Fsp3) is 0.231. The fourth-order valence-electron chi connectivity index (χ4n) is 2.89. The smallest absolute Gasteiger partial charge is 0.494 e. The Bertz CT molecular complexity index is 1150. The Kier molecular flexibility index (Phi) is 12.6. The van der Waals surface area contributed by atoms with Gasteiger partial charge in [0.25, 0.3) is 0 Å². The maximum Gasteiger partial charge on any atom is 2.00 e. The number of benzene rings is 2. The van der Waals surface area contributed by atoms with Gasteiger partial charge in [-0.05, 0) is 30.7 Å². The van der Waals surface area contributed by atoms with Gasteiger partial charge in [-0.3, -0.25) is 4.79 Å². The van der Waals surface area contributed by atoms with Crippen molar-refractivity contribution in [3.05, 3.63) is 90.9 Å². The SMILES string of the molecule is CCCC(=O)c1cc2nccc(-c3ccc(F)c(OC)c3)n2n1.Cc1cc[c-]cc1.[CH2-]C.[U+2]. The first-order valence-corrected chi connectivity index (χ1v) is 10.4. The first-order valence-electron chi connectivity index (χ1n) is 10.4. The van der Waals surface area contributed by atoms with Crippen molar-refractivity contribution < 1.29 is 45.0 Å². The number of ketones is 1. The molecule has 33 heavy (non-hydrogen) atoms. The quantitative estimate of drug-likeness (QED) is 0.189. The van der Waals surface area contributed by atoms with Crippen LogP contribution in [0.4, 0.5) is 4.39 Å². The molecule has 0 bridgehead atoms. The van der Waals surface area contributed by atoms with E-state index in [1.807, 2.05) is 31.2 Å². The van der Waals surface area contributed by atoms with Crippen LogP contribution in [-0.2, 0) is 0 Å². The van der Waals surface area contributed by atoms with Crippen molar-refractivity contribution in [3.8, 4) is 17.0 Å². The Morgan fingerprint density at radius 3 is 2.42 bits per heavy atom. The first kappa shape index (κ1) is 28.5. The number of fused-ring (bicyclic) bond motifs is 1. The topological polar surface area (TPSA) is 56.5 Å². The van der Waals surface area contributed by atoms with E-state index >= 15 is 0 Å². The van der Waals surface area contributed by atoms with Crippen molar-refractivity contribution in [3.63, 3.8) is 0 Å². The Hall–Kier alpha value is -2.49. The molecular formula is C26H28FN3O2U. The average molecular weight is 672 g/mol. The van der Waals surface area contributed by atoms with Crippen LogP contribution in [0, 0.1) is 56.8 Å². The van der Waals surface area contributed by atoms with E-state index in [2.05, 4.69) is 30.0 Å². The number of aromatic nitrogens is 3. The molecule has 2 heterocycles. The second-order valence-corrected chi connectivity index (χ2v) is 6.73. The van der Waals surface area contributed by atoms with Crippen LogP contribution in [0.5, 0.6) is 5.75 Å². The van der Waals surface area contributed by atoms with Crippen molar-refractivity contribution in [2.45, 2.75) is 33.6 Å². The summed E-state index contributed by atoms with van der Waals surface area (Å²) in [4.78, 5) is 16.3. The number of carbonyl (C=O) groups excluding carboxylic acids is 1. The summed E-state index contributed by atoms with van der Waals surface area (Å²) in [5, 5.41) is 4.36. The number of aryl methyl sites for hydroxylation is 1. The van der Waals surface area contributed by atoms with Gasteiger partial charge in [0.15, 0.2) is 23.0 Å². The third kappa shape index (κ3) is 7.80. The van der Waals surface area contributed by atoms with Crippen LogP contribution in [0.1, 0.15) is 42.7 Å². The van der Waals surface area contributed by atoms with Gasteiger partial charge in [0.1, 0.15) is 5.69 Å². The summed E-state index contributed by atoms with van der Waals surface area (Å²) < 4.78 is 20.2. The zero-order valence-electron chi connectivity index (χ0n) is 19.4. The molecule has 0 aliphatic rings. The number of Topliss-reactive ketones (excluding diaryl/α,β-unsaturated/α-hetero) is 1. The molecule has 0 radical (unpaired) electrons. The maximum atomic E-state index is 13.6. The summed E-state index contributed by atoms with van der Waals surface area (Å²) in [5.41, 5.74) is 3.70. The predicted octanol–water partition coefficient (Wildman–Crippen LogP) is 6.16. The number of nitrogens with zero attached hydrogens (tertiary/aromatic N) is 3. The zero-order chi connectivity index (χ0) is 23.5. The van der Waals surface area contributed by atoms with Gasteiger partial charge in [-0.2, -0.15) is 47.9 Å². The molecular weight excluding hydrogens is 643 g/mol. The molecule has 7 heteroatoms. The van der Waals surface area contributed by atoms with Gasteiger partial charge in [-0.25, -0.2) is 13.9 Å². The summed E-state index contributed by atoms with van der Waals surface area (Å²) >= 11 is 0. The van der Waals surface area contributed by atoms with Crippen LogP contribution in [0.2, 0.25) is 0 Å². The Balaban J connectivity index is 0.000000462. The molecule has 0 aliphatic carbocycles. The largest absolute Gasteiger partial charge is 2.00 e. The van der Waals surface area contributed by atoms with Crippen LogP contribution in [0.3, 0.4) is 0 Å².